The van der Waals surface area contributed by atoms with E-state index in [1.54, 1.807) is 18.2 Å². The summed E-state index contributed by atoms with van der Waals surface area (Å²) in [4.78, 5) is 11.6. The molecule has 0 aliphatic rings. The molecule has 0 fully saturated rings. The number of hydrogen-bond acceptors (Lipinski definition) is 2. The maximum Gasteiger partial charge on any atom is 0.272 e. The molecule has 0 spiro atoms. The standard InChI is InChI=1S/C14H7F3N2O/c15-10-6-12(17)11(16)5-9(10)13-7-3-1-2-4-8(7)14(20)19-18-13/h1-6H,(H,19,20). The van der Waals surface area contributed by atoms with Crippen LogP contribution in [0.4, 0.5) is 13.2 Å². The molecule has 0 saturated heterocycles. The summed E-state index contributed by atoms with van der Waals surface area (Å²) in [7, 11) is 0. The molecule has 0 atom stereocenters. The van der Waals surface area contributed by atoms with E-state index in [2.05, 4.69) is 10.2 Å². The second-order valence-electron chi connectivity index (χ2n) is 4.19. The highest BCUT2D eigenvalue weighted by atomic mass is 19.2. The Kier molecular flexibility index (Phi) is 2.78. The Balaban J connectivity index is 2.39. The molecular weight excluding hydrogens is 269 g/mol. The summed E-state index contributed by atoms with van der Waals surface area (Å²) < 4.78 is 40.0. The van der Waals surface area contributed by atoms with Gasteiger partial charge in [-0.3, -0.25) is 4.79 Å². The second kappa shape index (κ2) is 4.48. The SMILES string of the molecule is O=c1[nH]nc(-c2cc(F)c(F)cc2F)c2ccccc12. The lowest BCUT2D eigenvalue weighted by molar-refractivity contribution is 0.496. The highest BCUT2D eigenvalue weighted by Gasteiger charge is 2.16. The molecule has 0 aliphatic carbocycles. The Morgan fingerprint density at radius 3 is 2.30 bits per heavy atom. The van der Waals surface area contributed by atoms with Crippen molar-refractivity contribution in [3.05, 3.63) is 64.2 Å². The van der Waals surface area contributed by atoms with Crippen molar-refractivity contribution in [2.24, 2.45) is 0 Å². The van der Waals surface area contributed by atoms with Crippen LogP contribution in [0.3, 0.4) is 0 Å². The first kappa shape index (κ1) is 12.4. The number of aromatic amines is 1. The third-order valence-electron chi connectivity index (χ3n) is 2.96. The third-order valence-corrected chi connectivity index (χ3v) is 2.96. The summed E-state index contributed by atoms with van der Waals surface area (Å²) in [6.07, 6.45) is 0. The van der Waals surface area contributed by atoms with Crippen molar-refractivity contribution in [1.29, 1.82) is 0 Å². The van der Waals surface area contributed by atoms with E-state index in [1.165, 1.54) is 6.07 Å². The highest BCUT2D eigenvalue weighted by molar-refractivity contribution is 5.93. The molecule has 2 aromatic carbocycles. The van der Waals surface area contributed by atoms with Crippen molar-refractivity contribution in [3.63, 3.8) is 0 Å². The van der Waals surface area contributed by atoms with Crippen LogP contribution in [0, 0.1) is 17.5 Å². The average molecular weight is 276 g/mol. The summed E-state index contributed by atoms with van der Waals surface area (Å²) >= 11 is 0. The van der Waals surface area contributed by atoms with Gasteiger partial charge in [0.15, 0.2) is 11.6 Å². The number of halogens is 3. The van der Waals surface area contributed by atoms with E-state index in [0.717, 1.165) is 6.07 Å². The quantitative estimate of drug-likeness (QED) is 0.694. The van der Waals surface area contributed by atoms with E-state index in [1.807, 2.05) is 0 Å². The molecular formula is C14H7F3N2O. The van der Waals surface area contributed by atoms with Gasteiger partial charge in [0.2, 0.25) is 0 Å². The van der Waals surface area contributed by atoms with Gasteiger partial charge in [0.25, 0.3) is 5.56 Å². The minimum Gasteiger partial charge on any atom is -0.267 e. The minimum atomic E-state index is -1.28. The smallest absolute Gasteiger partial charge is 0.267 e. The van der Waals surface area contributed by atoms with Crippen LogP contribution in [0.2, 0.25) is 0 Å². The number of fused-ring (bicyclic) bond motifs is 1. The number of nitrogens with one attached hydrogen (secondary N) is 1. The summed E-state index contributed by atoms with van der Waals surface area (Å²) in [5, 5.41) is 6.61. The molecule has 3 rings (SSSR count). The number of benzene rings is 2. The molecule has 0 radical (unpaired) electrons. The summed E-state index contributed by atoms with van der Waals surface area (Å²) in [5.41, 5.74) is -0.597. The lowest BCUT2D eigenvalue weighted by atomic mass is 10.0. The largest absolute Gasteiger partial charge is 0.272 e. The minimum absolute atomic E-state index is 0.0524. The lowest BCUT2D eigenvalue weighted by Crippen LogP contribution is -2.09. The van der Waals surface area contributed by atoms with Gasteiger partial charge in [-0.25, -0.2) is 18.3 Å². The fourth-order valence-electron chi connectivity index (χ4n) is 2.02. The first-order valence-corrected chi connectivity index (χ1v) is 5.70. The van der Waals surface area contributed by atoms with Crippen molar-refractivity contribution in [2.45, 2.75) is 0 Å². The Labute approximate surface area is 110 Å². The second-order valence-corrected chi connectivity index (χ2v) is 4.19. The van der Waals surface area contributed by atoms with Gasteiger partial charge in [-0.05, 0) is 12.1 Å². The van der Waals surface area contributed by atoms with Crippen molar-refractivity contribution in [3.8, 4) is 11.3 Å². The van der Waals surface area contributed by atoms with Crippen LogP contribution >= 0.6 is 0 Å². The fourth-order valence-corrected chi connectivity index (χ4v) is 2.02. The molecule has 1 aromatic heterocycles. The Hall–Kier alpha value is -2.63. The molecule has 20 heavy (non-hydrogen) atoms. The van der Waals surface area contributed by atoms with E-state index in [0.29, 0.717) is 16.8 Å². The first-order chi connectivity index (χ1) is 9.58. The predicted molar refractivity (Wildman–Crippen MR) is 67.7 cm³/mol. The van der Waals surface area contributed by atoms with Gasteiger partial charge in [0.05, 0.1) is 5.39 Å². The van der Waals surface area contributed by atoms with Crippen molar-refractivity contribution < 1.29 is 13.2 Å². The highest BCUT2D eigenvalue weighted by Crippen LogP contribution is 2.28. The number of H-pyrrole nitrogens is 1. The van der Waals surface area contributed by atoms with Crippen molar-refractivity contribution in [1.82, 2.24) is 10.2 Å². The number of aromatic nitrogens is 2. The van der Waals surface area contributed by atoms with Crippen LogP contribution in [0.25, 0.3) is 22.0 Å². The average Bonchev–Trinajstić information content (AvgIpc) is 2.44. The van der Waals surface area contributed by atoms with Crippen LogP contribution in [-0.2, 0) is 0 Å². The topological polar surface area (TPSA) is 45.8 Å². The first-order valence-electron chi connectivity index (χ1n) is 5.70. The number of rotatable bonds is 1. The molecule has 0 unspecified atom stereocenters. The van der Waals surface area contributed by atoms with Crippen LogP contribution < -0.4 is 5.56 Å². The lowest BCUT2D eigenvalue weighted by Gasteiger charge is -2.06. The van der Waals surface area contributed by atoms with Crippen molar-refractivity contribution in [2.75, 3.05) is 0 Å². The van der Waals surface area contributed by atoms with E-state index in [4.69, 9.17) is 0 Å². The third kappa shape index (κ3) is 1.85. The zero-order valence-electron chi connectivity index (χ0n) is 9.95. The van der Waals surface area contributed by atoms with Crippen LogP contribution in [0.15, 0.2) is 41.2 Å². The molecule has 3 aromatic rings. The van der Waals surface area contributed by atoms with Crippen LogP contribution in [0.1, 0.15) is 0 Å². The van der Waals surface area contributed by atoms with Gasteiger partial charge in [-0.1, -0.05) is 18.2 Å². The summed E-state index contributed by atoms with van der Waals surface area (Å²) in [6, 6.07) is 7.56. The van der Waals surface area contributed by atoms with Gasteiger partial charge in [0.1, 0.15) is 11.5 Å². The molecule has 3 nitrogen and oxygen atoms in total. The molecule has 6 heteroatoms. The number of nitrogens with zero attached hydrogens (tertiary/aromatic N) is 1. The molecule has 0 aliphatic heterocycles. The Morgan fingerprint density at radius 1 is 0.900 bits per heavy atom. The van der Waals surface area contributed by atoms with E-state index in [-0.39, 0.29) is 11.3 Å². The predicted octanol–water partition coefficient (Wildman–Crippen LogP) is 3.01. The Bertz CT molecular complexity index is 874. The number of hydrogen-bond donors (Lipinski definition) is 1. The van der Waals surface area contributed by atoms with E-state index >= 15 is 0 Å². The van der Waals surface area contributed by atoms with Gasteiger partial charge in [0, 0.05) is 17.0 Å². The zero-order chi connectivity index (χ0) is 14.3. The van der Waals surface area contributed by atoms with Gasteiger partial charge < -0.3 is 0 Å². The molecule has 0 bridgehead atoms. The monoisotopic (exact) mass is 276 g/mol. The maximum atomic E-state index is 13.8. The molecule has 1 heterocycles. The van der Waals surface area contributed by atoms with Crippen LogP contribution in [-0.4, -0.2) is 10.2 Å². The summed E-state index contributed by atoms with van der Waals surface area (Å²) in [6.45, 7) is 0. The maximum absolute atomic E-state index is 13.8. The summed E-state index contributed by atoms with van der Waals surface area (Å²) in [5.74, 6) is -3.41. The normalized spacial score (nSPS) is 10.9. The Morgan fingerprint density at radius 2 is 1.55 bits per heavy atom. The van der Waals surface area contributed by atoms with Gasteiger partial charge >= 0.3 is 0 Å². The molecule has 1 N–H and O–H groups in total. The van der Waals surface area contributed by atoms with Gasteiger partial charge in [-0.2, -0.15) is 5.10 Å². The van der Waals surface area contributed by atoms with Crippen molar-refractivity contribution >= 4 is 10.8 Å². The molecule has 0 saturated carbocycles. The molecule has 100 valence electrons. The van der Waals surface area contributed by atoms with E-state index in [9.17, 15) is 18.0 Å². The fraction of sp³-hybridized carbons (Fsp3) is 0. The van der Waals surface area contributed by atoms with E-state index < -0.39 is 23.0 Å². The van der Waals surface area contributed by atoms with Crippen LogP contribution in [0.5, 0.6) is 0 Å². The zero-order valence-corrected chi connectivity index (χ0v) is 9.95. The van der Waals surface area contributed by atoms with Gasteiger partial charge in [-0.15, -0.1) is 0 Å². The molecule has 0 amide bonds.